The Labute approximate surface area is 240 Å². The molecular weight excluding hydrogens is 549 g/mol. The van der Waals surface area contributed by atoms with Gasteiger partial charge < -0.3 is 19.7 Å². The van der Waals surface area contributed by atoms with E-state index < -0.39 is 34.3 Å². The molecule has 0 aliphatic carbocycles. The van der Waals surface area contributed by atoms with Crippen LogP contribution in [0.1, 0.15) is 31.4 Å². The number of aryl methyl sites for hydroxylation is 1. The number of carbonyl (C=O) groups is 2. The summed E-state index contributed by atoms with van der Waals surface area (Å²) < 4.78 is 53.3. The van der Waals surface area contributed by atoms with Gasteiger partial charge in [-0.05, 0) is 62.2 Å². The number of hydrogen-bond acceptors (Lipinski definition) is 6. The molecule has 3 rings (SSSR count). The highest BCUT2D eigenvalue weighted by atomic mass is 32.2. The molecule has 0 unspecified atom stereocenters. The van der Waals surface area contributed by atoms with E-state index in [0.29, 0.717) is 17.9 Å². The van der Waals surface area contributed by atoms with Gasteiger partial charge in [-0.2, -0.15) is 0 Å². The van der Waals surface area contributed by atoms with Crippen LogP contribution >= 0.6 is 0 Å². The lowest BCUT2D eigenvalue weighted by atomic mass is 10.1. The summed E-state index contributed by atoms with van der Waals surface area (Å²) in [5, 5.41) is 2.75. The molecule has 0 heterocycles. The van der Waals surface area contributed by atoms with Crippen LogP contribution in [-0.4, -0.2) is 58.5 Å². The van der Waals surface area contributed by atoms with Crippen molar-refractivity contribution in [2.75, 3.05) is 31.6 Å². The lowest BCUT2D eigenvalue weighted by Crippen LogP contribution is -2.52. The van der Waals surface area contributed by atoms with E-state index in [1.807, 2.05) is 6.92 Å². The molecule has 41 heavy (non-hydrogen) atoms. The molecule has 1 atom stereocenters. The van der Waals surface area contributed by atoms with E-state index in [0.717, 1.165) is 9.87 Å². The predicted octanol–water partition coefficient (Wildman–Crippen LogP) is 4.29. The van der Waals surface area contributed by atoms with E-state index in [1.54, 1.807) is 38.1 Å². The average Bonchev–Trinajstić information content (AvgIpc) is 2.96. The van der Waals surface area contributed by atoms with Gasteiger partial charge in [0.05, 0.1) is 24.8 Å². The molecule has 1 N–H and O–H groups in total. The topological polar surface area (TPSA) is 105 Å². The molecule has 9 nitrogen and oxygen atoms in total. The second kappa shape index (κ2) is 14.0. The van der Waals surface area contributed by atoms with E-state index in [9.17, 15) is 22.4 Å². The summed E-state index contributed by atoms with van der Waals surface area (Å²) in [5.41, 5.74) is 1.77. The van der Waals surface area contributed by atoms with E-state index in [2.05, 4.69) is 5.32 Å². The Morgan fingerprint density at radius 2 is 1.56 bits per heavy atom. The third kappa shape index (κ3) is 7.55. The summed E-state index contributed by atoms with van der Waals surface area (Å²) in [7, 11) is -1.45. The smallest absolute Gasteiger partial charge is 0.264 e. The monoisotopic (exact) mass is 585 g/mol. The van der Waals surface area contributed by atoms with Crippen LogP contribution in [0.25, 0.3) is 0 Å². The number of ether oxygens (including phenoxy) is 2. The van der Waals surface area contributed by atoms with Crippen LogP contribution in [0.3, 0.4) is 0 Å². The molecule has 0 aliphatic heterocycles. The minimum Gasteiger partial charge on any atom is -0.493 e. The maximum atomic E-state index is 14.1. The van der Waals surface area contributed by atoms with Crippen LogP contribution in [0.5, 0.6) is 11.5 Å². The highest BCUT2D eigenvalue weighted by Crippen LogP contribution is 2.32. The molecule has 0 fully saturated rings. The van der Waals surface area contributed by atoms with Crippen molar-refractivity contribution in [1.29, 1.82) is 0 Å². The first-order valence-corrected chi connectivity index (χ1v) is 14.6. The fraction of sp³-hybridized carbons (Fsp3) is 0.333. The van der Waals surface area contributed by atoms with Crippen LogP contribution in [0.2, 0.25) is 0 Å². The van der Waals surface area contributed by atoms with Gasteiger partial charge in [0.1, 0.15) is 18.4 Å². The quantitative estimate of drug-likeness (QED) is 0.321. The number of benzene rings is 3. The highest BCUT2D eigenvalue weighted by molar-refractivity contribution is 7.92. The van der Waals surface area contributed by atoms with E-state index in [4.69, 9.17) is 9.47 Å². The van der Waals surface area contributed by atoms with Gasteiger partial charge >= 0.3 is 0 Å². The van der Waals surface area contributed by atoms with Gasteiger partial charge in [0, 0.05) is 19.2 Å². The van der Waals surface area contributed by atoms with Crippen LogP contribution in [0, 0.1) is 12.7 Å². The number of nitrogens with one attached hydrogen (secondary N) is 1. The Balaban J connectivity index is 2.09. The van der Waals surface area contributed by atoms with Crippen LogP contribution in [-0.2, 0) is 26.2 Å². The number of amides is 2. The molecule has 3 aromatic rings. The van der Waals surface area contributed by atoms with Crippen molar-refractivity contribution in [2.45, 2.75) is 44.7 Å². The number of anilines is 1. The number of carbonyl (C=O) groups excluding carboxylic acids is 2. The van der Waals surface area contributed by atoms with Crippen molar-refractivity contribution in [1.82, 2.24) is 10.2 Å². The van der Waals surface area contributed by atoms with Gasteiger partial charge in [-0.15, -0.1) is 0 Å². The van der Waals surface area contributed by atoms with Crippen molar-refractivity contribution < 1.29 is 31.9 Å². The fourth-order valence-electron chi connectivity index (χ4n) is 4.34. The summed E-state index contributed by atoms with van der Waals surface area (Å²) in [5.74, 6) is -0.840. The summed E-state index contributed by atoms with van der Waals surface area (Å²) >= 11 is 0. The van der Waals surface area contributed by atoms with Gasteiger partial charge in [-0.25, -0.2) is 12.8 Å². The first-order chi connectivity index (χ1) is 19.5. The number of halogens is 1. The standard InChI is InChI=1S/C30H36FN3O6S/c1-6-26(30(36)32-7-2)33(19-22-10-12-23(31)13-11-22)29(35)20-34(24-14-8-21(3)9-15-24)41(37,38)25-16-17-27(39-4)28(18-25)40-5/h8-18,26H,6-7,19-20H2,1-5H3,(H,32,36)/t26-/m1/s1. The maximum absolute atomic E-state index is 14.1. The number of sulfonamides is 1. The summed E-state index contributed by atoms with van der Waals surface area (Å²) in [4.78, 5) is 28.2. The Kier molecular flexibility index (Phi) is 10.7. The zero-order chi connectivity index (χ0) is 30.2. The second-order valence-corrected chi connectivity index (χ2v) is 11.2. The lowest BCUT2D eigenvalue weighted by Gasteiger charge is -2.33. The first kappa shape index (κ1) is 31.4. The van der Waals surface area contributed by atoms with Crippen LogP contribution < -0.4 is 19.1 Å². The van der Waals surface area contributed by atoms with Gasteiger partial charge in [0.15, 0.2) is 11.5 Å². The highest BCUT2D eigenvalue weighted by Gasteiger charge is 2.34. The Bertz CT molecular complexity index is 1450. The Morgan fingerprint density at radius 3 is 2.12 bits per heavy atom. The number of nitrogens with zero attached hydrogens (tertiary/aromatic N) is 2. The molecule has 0 saturated heterocycles. The van der Waals surface area contributed by atoms with E-state index in [-0.39, 0.29) is 35.2 Å². The minimum absolute atomic E-state index is 0.0209. The van der Waals surface area contributed by atoms with E-state index >= 15 is 0 Å². The molecule has 0 aliphatic rings. The van der Waals surface area contributed by atoms with Gasteiger partial charge in [0.25, 0.3) is 10.0 Å². The van der Waals surface area contributed by atoms with Crippen molar-refractivity contribution in [3.8, 4) is 11.5 Å². The Hall–Kier alpha value is -4.12. The third-order valence-electron chi connectivity index (χ3n) is 6.55. The van der Waals surface area contributed by atoms with Gasteiger partial charge in [-0.1, -0.05) is 36.8 Å². The number of likely N-dealkylation sites (N-methyl/N-ethyl adjacent to an activating group) is 1. The summed E-state index contributed by atoms with van der Waals surface area (Å²) in [6.07, 6.45) is 0.283. The average molecular weight is 586 g/mol. The van der Waals surface area contributed by atoms with Gasteiger partial charge in [0.2, 0.25) is 11.8 Å². The first-order valence-electron chi connectivity index (χ1n) is 13.2. The zero-order valence-corrected chi connectivity index (χ0v) is 24.7. The lowest BCUT2D eigenvalue weighted by molar-refractivity contribution is -0.140. The molecule has 2 amide bonds. The Morgan fingerprint density at radius 1 is 0.927 bits per heavy atom. The van der Waals surface area contributed by atoms with Gasteiger partial charge in [-0.3, -0.25) is 13.9 Å². The van der Waals surface area contributed by atoms with Crippen LogP contribution in [0.15, 0.2) is 71.6 Å². The molecule has 0 aromatic heterocycles. The van der Waals surface area contributed by atoms with Crippen molar-refractivity contribution in [3.63, 3.8) is 0 Å². The number of rotatable bonds is 13. The summed E-state index contributed by atoms with van der Waals surface area (Å²) in [6, 6.07) is 15.6. The molecule has 0 spiro atoms. The molecule has 0 radical (unpaired) electrons. The largest absolute Gasteiger partial charge is 0.493 e. The number of hydrogen-bond donors (Lipinski definition) is 1. The molecule has 11 heteroatoms. The normalized spacial score (nSPS) is 11.9. The second-order valence-electron chi connectivity index (χ2n) is 9.33. The predicted molar refractivity (Wildman–Crippen MR) is 155 cm³/mol. The van der Waals surface area contributed by atoms with E-state index in [1.165, 1.54) is 61.6 Å². The summed E-state index contributed by atoms with van der Waals surface area (Å²) in [6.45, 7) is 5.15. The molecule has 3 aromatic carbocycles. The molecule has 0 bridgehead atoms. The van der Waals surface area contributed by atoms with Crippen molar-refractivity contribution in [3.05, 3.63) is 83.7 Å². The number of methoxy groups -OCH3 is 2. The SMILES string of the molecule is CCNC(=O)[C@@H](CC)N(Cc1ccc(F)cc1)C(=O)CN(c1ccc(C)cc1)S(=O)(=O)c1ccc(OC)c(OC)c1. The van der Waals surface area contributed by atoms with Crippen LogP contribution in [0.4, 0.5) is 10.1 Å². The maximum Gasteiger partial charge on any atom is 0.264 e. The fourth-order valence-corrected chi connectivity index (χ4v) is 5.77. The zero-order valence-electron chi connectivity index (χ0n) is 23.9. The molecular formula is C30H36FN3O6S. The molecule has 0 saturated carbocycles. The third-order valence-corrected chi connectivity index (χ3v) is 8.32. The minimum atomic E-state index is -4.29. The molecule has 220 valence electrons. The van der Waals surface area contributed by atoms with Crippen molar-refractivity contribution in [2.24, 2.45) is 0 Å². The van der Waals surface area contributed by atoms with Crippen molar-refractivity contribution >= 4 is 27.5 Å².